The Labute approximate surface area is 89.8 Å². The Balaban J connectivity index is 1.87. The summed E-state index contributed by atoms with van der Waals surface area (Å²) in [5, 5.41) is 4.06. The van der Waals surface area contributed by atoms with Crippen molar-refractivity contribution in [2.45, 2.75) is 0 Å². The number of hydrogen-bond donors (Lipinski definition) is 0. The lowest BCUT2D eigenvalue weighted by Gasteiger charge is -2.24. The van der Waals surface area contributed by atoms with Crippen molar-refractivity contribution in [3.63, 3.8) is 0 Å². The molecule has 1 aliphatic heterocycles. The summed E-state index contributed by atoms with van der Waals surface area (Å²) in [4.78, 5) is 2.30. The van der Waals surface area contributed by atoms with Gasteiger partial charge >= 0.3 is 0 Å². The van der Waals surface area contributed by atoms with Crippen molar-refractivity contribution in [3.05, 3.63) is 18.0 Å². The highest BCUT2D eigenvalue weighted by Crippen LogP contribution is 1.96. The van der Waals surface area contributed by atoms with E-state index in [2.05, 4.69) is 21.8 Å². The molecule has 0 bridgehead atoms. The zero-order chi connectivity index (χ0) is 10.5. The van der Waals surface area contributed by atoms with E-state index in [0.717, 1.165) is 38.5 Å². The van der Waals surface area contributed by atoms with Crippen molar-refractivity contribution in [2.24, 2.45) is 7.05 Å². The van der Waals surface area contributed by atoms with E-state index in [0.29, 0.717) is 0 Å². The second kappa shape index (κ2) is 4.96. The van der Waals surface area contributed by atoms with Crippen molar-refractivity contribution in [1.82, 2.24) is 14.7 Å². The first-order valence-electron chi connectivity index (χ1n) is 5.13. The molecule has 2 heterocycles. The molecule has 0 aromatic carbocycles. The van der Waals surface area contributed by atoms with Gasteiger partial charge in [-0.1, -0.05) is 5.92 Å². The van der Waals surface area contributed by atoms with Crippen LogP contribution in [0.2, 0.25) is 0 Å². The summed E-state index contributed by atoms with van der Waals surface area (Å²) >= 11 is 0. The first-order valence-corrected chi connectivity index (χ1v) is 5.13. The normalized spacial score (nSPS) is 17.1. The van der Waals surface area contributed by atoms with Gasteiger partial charge in [0.15, 0.2) is 0 Å². The molecule has 0 atom stereocenters. The number of nitrogens with zero attached hydrogens (tertiary/aromatic N) is 3. The van der Waals surface area contributed by atoms with Gasteiger partial charge in [0.05, 0.1) is 26.0 Å². The fourth-order valence-electron chi connectivity index (χ4n) is 1.50. The van der Waals surface area contributed by atoms with Gasteiger partial charge in [0.2, 0.25) is 0 Å². The SMILES string of the molecule is Cn1nccc1C#CCN1CCOCC1. The second-order valence-corrected chi connectivity index (χ2v) is 3.53. The van der Waals surface area contributed by atoms with Gasteiger partial charge in [0.25, 0.3) is 0 Å². The number of rotatable bonds is 1. The van der Waals surface area contributed by atoms with Gasteiger partial charge in [-0.25, -0.2) is 0 Å². The molecular formula is C11H15N3O. The van der Waals surface area contributed by atoms with Crippen molar-refractivity contribution < 1.29 is 4.74 Å². The topological polar surface area (TPSA) is 30.3 Å². The number of morpholine rings is 1. The first kappa shape index (κ1) is 10.2. The van der Waals surface area contributed by atoms with Crippen LogP contribution in [0.25, 0.3) is 0 Å². The van der Waals surface area contributed by atoms with Crippen LogP contribution in [0.1, 0.15) is 5.69 Å². The fraction of sp³-hybridized carbons (Fsp3) is 0.545. The molecule has 4 nitrogen and oxygen atoms in total. The predicted octanol–water partition coefficient (Wildman–Crippen LogP) is 0.104. The molecule has 1 aliphatic rings. The fourth-order valence-corrected chi connectivity index (χ4v) is 1.50. The van der Waals surface area contributed by atoms with Crippen LogP contribution in [0.4, 0.5) is 0 Å². The summed E-state index contributed by atoms with van der Waals surface area (Å²) in [6, 6.07) is 1.92. The lowest BCUT2D eigenvalue weighted by atomic mass is 10.4. The molecule has 0 spiro atoms. The van der Waals surface area contributed by atoms with E-state index < -0.39 is 0 Å². The molecule has 1 aromatic heterocycles. The van der Waals surface area contributed by atoms with Crippen LogP contribution in [0.15, 0.2) is 12.3 Å². The maximum atomic E-state index is 5.27. The van der Waals surface area contributed by atoms with Gasteiger partial charge in [-0.3, -0.25) is 9.58 Å². The molecule has 0 unspecified atom stereocenters. The average Bonchev–Trinajstić information content (AvgIpc) is 2.66. The maximum Gasteiger partial charge on any atom is 0.110 e. The highest BCUT2D eigenvalue weighted by Gasteiger charge is 2.07. The molecule has 0 aliphatic carbocycles. The minimum atomic E-state index is 0.814. The maximum absolute atomic E-state index is 5.27. The van der Waals surface area contributed by atoms with Gasteiger partial charge in [0, 0.05) is 20.1 Å². The Morgan fingerprint density at radius 2 is 2.27 bits per heavy atom. The van der Waals surface area contributed by atoms with E-state index in [9.17, 15) is 0 Å². The molecule has 15 heavy (non-hydrogen) atoms. The minimum absolute atomic E-state index is 0.814. The largest absolute Gasteiger partial charge is 0.379 e. The molecule has 80 valence electrons. The second-order valence-electron chi connectivity index (χ2n) is 3.53. The van der Waals surface area contributed by atoms with Crippen LogP contribution in [-0.4, -0.2) is 47.5 Å². The Bertz CT molecular complexity index is 369. The Hall–Kier alpha value is -1.31. The van der Waals surface area contributed by atoms with E-state index in [1.54, 1.807) is 10.9 Å². The third-order valence-electron chi connectivity index (χ3n) is 2.44. The van der Waals surface area contributed by atoms with Crippen molar-refractivity contribution >= 4 is 0 Å². The third-order valence-corrected chi connectivity index (χ3v) is 2.44. The molecule has 0 saturated carbocycles. The number of hydrogen-bond acceptors (Lipinski definition) is 3. The molecular weight excluding hydrogens is 190 g/mol. The molecule has 0 radical (unpaired) electrons. The highest BCUT2D eigenvalue weighted by molar-refractivity contribution is 5.26. The van der Waals surface area contributed by atoms with Gasteiger partial charge in [0.1, 0.15) is 5.69 Å². The molecule has 1 fully saturated rings. The van der Waals surface area contributed by atoms with Crippen molar-refractivity contribution in [3.8, 4) is 11.8 Å². The Morgan fingerprint density at radius 3 is 2.93 bits per heavy atom. The molecule has 0 amide bonds. The molecule has 1 saturated heterocycles. The molecule has 2 rings (SSSR count). The summed E-state index contributed by atoms with van der Waals surface area (Å²) in [6.45, 7) is 4.44. The minimum Gasteiger partial charge on any atom is -0.379 e. The van der Waals surface area contributed by atoms with Crippen molar-refractivity contribution in [2.75, 3.05) is 32.8 Å². The Morgan fingerprint density at radius 1 is 1.47 bits per heavy atom. The lowest BCUT2D eigenvalue weighted by molar-refractivity contribution is 0.0443. The summed E-state index contributed by atoms with van der Waals surface area (Å²) in [5.41, 5.74) is 0.961. The summed E-state index contributed by atoms with van der Waals surface area (Å²) in [7, 11) is 1.90. The van der Waals surface area contributed by atoms with Crippen LogP contribution in [0, 0.1) is 11.8 Å². The van der Waals surface area contributed by atoms with Gasteiger partial charge in [-0.15, -0.1) is 0 Å². The summed E-state index contributed by atoms with van der Waals surface area (Å²) in [5.74, 6) is 6.27. The summed E-state index contributed by atoms with van der Waals surface area (Å²) in [6.07, 6.45) is 1.76. The van der Waals surface area contributed by atoms with E-state index in [-0.39, 0.29) is 0 Å². The molecule has 4 heteroatoms. The van der Waals surface area contributed by atoms with E-state index in [1.807, 2.05) is 13.1 Å². The van der Waals surface area contributed by atoms with Crippen molar-refractivity contribution in [1.29, 1.82) is 0 Å². The number of aromatic nitrogens is 2. The predicted molar refractivity (Wildman–Crippen MR) is 57.3 cm³/mol. The number of aryl methyl sites for hydroxylation is 1. The lowest BCUT2D eigenvalue weighted by Crippen LogP contribution is -2.36. The van der Waals surface area contributed by atoms with Crippen LogP contribution >= 0.6 is 0 Å². The van der Waals surface area contributed by atoms with Gasteiger partial charge in [-0.2, -0.15) is 5.10 Å². The number of ether oxygens (including phenoxy) is 1. The quantitative estimate of drug-likeness (QED) is 0.609. The monoisotopic (exact) mass is 205 g/mol. The van der Waals surface area contributed by atoms with Gasteiger partial charge < -0.3 is 4.74 Å². The molecule has 1 aromatic rings. The van der Waals surface area contributed by atoms with E-state index in [1.165, 1.54) is 0 Å². The zero-order valence-corrected chi connectivity index (χ0v) is 8.94. The Kier molecular flexibility index (Phi) is 3.38. The molecule has 0 N–H and O–H groups in total. The average molecular weight is 205 g/mol. The summed E-state index contributed by atoms with van der Waals surface area (Å²) < 4.78 is 7.05. The van der Waals surface area contributed by atoms with E-state index >= 15 is 0 Å². The zero-order valence-electron chi connectivity index (χ0n) is 8.94. The van der Waals surface area contributed by atoms with Gasteiger partial charge in [-0.05, 0) is 12.0 Å². The first-order chi connectivity index (χ1) is 7.36. The standard InChI is InChI=1S/C11H15N3O/c1-13-11(4-5-12-13)3-2-6-14-7-9-15-10-8-14/h4-5H,6-10H2,1H3. The highest BCUT2D eigenvalue weighted by atomic mass is 16.5. The van der Waals surface area contributed by atoms with E-state index in [4.69, 9.17) is 4.74 Å². The smallest absolute Gasteiger partial charge is 0.110 e. The van der Waals surface area contributed by atoms with Crippen LogP contribution < -0.4 is 0 Å². The van der Waals surface area contributed by atoms with Crippen LogP contribution in [0.5, 0.6) is 0 Å². The van der Waals surface area contributed by atoms with Crippen LogP contribution in [0.3, 0.4) is 0 Å². The third kappa shape index (κ3) is 2.82. The van der Waals surface area contributed by atoms with Crippen LogP contribution in [-0.2, 0) is 11.8 Å².